The zero-order chi connectivity index (χ0) is 16.4. The fourth-order valence-electron chi connectivity index (χ4n) is 3.00. The molecule has 0 saturated carbocycles. The Labute approximate surface area is 140 Å². The van der Waals surface area contributed by atoms with Gasteiger partial charge in [-0.05, 0) is 51.9 Å². The van der Waals surface area contributed by atoms with Crippen molar-refractivity contribution in [1.82, 2.24) is 4.98 Å². The molecule has 0 N–H and O–H groups in total. The Morgan fingerprint density at radius 1 is 0.792 bits per heavy atom. The van der Waals surface area contributed by atoms with Gasteiger partial charge in [-0.25, -0.2) is 0 Å². The number of carbonyl (C=O) groups is 1. The molecule has 0 bridgehead atoms. The maximum absolute atomic E-state index is 12.9. The molecular formula is C22H15NO. The first kappa shape index (κ1) is 14.3. The summed E-state index contributed by atoms with van der Waals surface area (Å²) in [6.07, 6.45) is 5.09. The van der Waals surface area contributed by atoms with E-state index in [1.165, 1.54) is 0 Å². The van der Waals surface area contributed by atoms with E-state index in [0.717, 1.165) is 32.8 Å². The lowest BCUT2D eigenvalue weighted by atomic mass is 9.94. The van der Waals surface area contributed by atoms with Crippen LogP contribution in [-0.4, -0.2) is 10.8 Å². The van der Waals surface area contributed by atoms with Gasteiger partial charge in [-0.2, -0.15) is 0 Å². The first-order chi connectivity index (χ1) is 11.8. The lowest BCUT2D eigenvalue weighted by Gasteiger charge is -2.09. The number of hydrogen-bond acceptors (Lipinski definition) is 2. The first-order valence-electron chi connectivity index (χ1n) is 7.87. The summed E-state index contributed by atoms with van der Waals surface area (Å²) in [5.41, 5.74) is 1.52. The summed E-state index contributed by atoms with van der Waals surface area (Å²) >= 11 is 0. The van der Waals surface area contributed by atoms with E-state index in [-0.39, 0.29) is 5.78 Å². The third kappa shape index (κ3) is 2.59. The van der Waals surface area contributed by atoms with Gasteiger partial charge in [-0.15, -0.1) is 0 Å². The average molecular weight is 309 g/mol. The third-order valence-electron chi connectivity index (χ3n) is 4.11. The van der Waals surface area contributed by atoms with Crippen LogP contribution in [0.3, 0.4) is 0 Å². The number of pyridine rings is 1. The molecule has 2 heteroatoms. The molecule has 0 radical (unpaired) electrons. The Kier molecular flexibility index (Phi) is 3.64. The summed E-state index contributed by atoms with van der Waals surface area (Å²) in [4.78, 5) is 17.2. The maximum Gasteiger partial charge on any atom is 0.187 e. The van der Waals surface area contributed by atoms with Crippen LogP contribution in [0.15, 0.2) is 85.1 Å². The molecule has 114 valence electrons. The van der Waals surface area contributed by atoms with Gasteiger partial charge in [-0.3, -0.25) is 9.78 Å². The van der Waals surface area contributed by atoms with Crippen molar-refractivity contribution in [3.8, 4) is 0 Å². The number of allylic oxidation sites excluding steroid dienone is 1. The molecule has 1 heterocycles. The van der Waals surface area contributed by atoms with Gasteiger partial charge in [0.25, 0.3) is 0 Å². The van der Waals surface area contributed by atoms with Crippen molar-refractivity contribution in [2.45, 2.75) is 0 Å². The molecule has 0 spiro atoms. The van der Waals surface area contributed by atoms with Gasteiger partial charge in [-0.1, -0.05) is 54.6 Å². The summed E-state index contributed by atoms with van der Waals surface area (Å²) < 4.78 is 0. The highest BCUT2D eigenvalue weighted by atomic mass is 16.1. The highest BCUT2D eigenvalue weighted by Crippen LogP contribution is 2.29. The lowest BCUT2D eigenvalue weighted by Crippen LogP contribution is -1.98. The van der Waals surface area contributed by atoms with Crippen molar-refractivity contribution in [1.29, 1.82) is 0 Å². The first-order valence-corrected chi connectivity index (χ1v) is 7.87. The molecule has 3 aromatic carbocycles. The second-order valence-electron chi connectivity index (χ2n) is 5.65. The zero-order valence-electron chi connectivity index (χ0n) is 13.0. The predicted molar refractivity (Wildman–Crippen MR) is 99.1 cm³/mol. The minimum absolute atomic E-state index is 0.00588. The second-order valence-corrected chi connectivity index (χ2v) is 5.65. The molecule has 0 saturated heterocycles. The summed E-state index contributed by atoms with van der Waals surface area (Å²) in [5, 5.41) is 4.11. The molecule has 2 nitrogen and oxygen atoms in total. The van der Waals surface area contributed by atoms with Gasteiger partial charge in [0.1, 0.15) is 0 Å². The SMILES string of the molecule is O=C(/C=C/c1ccccn1)c1c2ccccc2cc2ccccc12. The molecule has 0 unspecified atom stereocenters. The monoisotopic (exact) mass is 309 g/mol. The van der Waals surface area contributed by atoms with Gasteiger partial charge in [0.2, 0.25) is 0 Å². The van der Waals surface area contributed by atoms with Gasteiger partial charge in [0, 0.05) is 11.8 Å². The number of carbonyl (C=O) groups excluding carboxylic acids is 1. The molecule has 24 heavy (non-hydrogen) atoms. The second kappa shape index (κ2) is 6.09. The van der Waals surface area contributed by atoms with Crippen LogP contribution in [0, 0.1) is 0 Å². The molecule has 0 amide bonds. The molecule has 0 aliphatic rings. The molecule has 0 atom stereocenters. The minimum Gasteiger partial charge on any atom is -0.289 e. The Hall–Kier alpha value is -3.26. The van der Waals surface area contributed by atoms with Crippen LogP contribution in [0.5, 0.6) is 0 Å². The van der Waals surface area contributed by atoms with Crippen LogP contribution in [0.25, 0.3) is 27.6 Å². The largest absolute Gasteiger partial charge is 0.289 e. The van der Waals surface area contributed by atoms with Crippen LogP contribution in [-0.2, 0) is 0 Å². The van der Waals surface area contributed by atoms with E-state index in [1.807, 2.05) is 66.7 Å². The van der Waals surface area contributed by atoms with Crippen molar-refractivity contribution in [2.75, 3.05) is 0 Å². The average Bonchev–Trinajstić information content (AvgIpc) is 2.65. The quantitative estimate of drug-likeness (QED) is 0.292. The van der Waals surface area contributed by atoms with Crippen LogP contribution in [0.4, 0.5) is 0 Å². The summed E-state index contributed by atoms with van der Waals surface area (Å²) in [6.45, 7) is 0. The number of ketones is 1. The van der Waals surface area contributed by atoms with E-state index >= 15 is 0 Å². The molecule has 0 aliphatic heterocycles. The van der Waals surface area contributed by atoms with Crippen LogP contribution in [0.1, 0.15) is 16.1 Å². The number of fused-ring (bicyclic) bond motifs is 2. The van der Waals surface area contributed by atoms with Crippen LogP contribution >= 0.6 is 0 Å². The van der Waals surface area contributed by atoms with Crippen molar-refractivity contribution >= 4 is 33.4 Å². The highest BCUT2D eigenvalue weighted by molar-refractivity contribution is 6.23. The number of benzene rings is 3. The van der Waals surface area contributed by atoms with E-state index in [0.29, 0.717) is 0 Å². The Balaban J connectivity index is 1.90. The van der Waals surface area contributed by atoms with E-state index in [1.54, 1.807) is 18.3 Å². The van der Waals surface area contributed by atoms with Crippen molar-refractivity contribution in [3.63, 3.8) is 0 Å². The third-order valence-corrected chi connectivity index (χ3v) is 4.11. The fourth-order valence-corrected chi connectivity index (χ4v) is 3.00. The lowest BCUT2D eigenvalue weighted by molar-refractivity contribution is 0.105. The number of hydrogen-bond donors (Lipinski definition) is 0. The van der Waals surface area contributed by atoms with Crippen molar-refractivity contribution in [2.24, 2.45) is 0 Å². The molecular weight excluding hydrogens is 294 g/mol. The van der Waals surface area contributed by atoms with E-state index < -0.39 is 0 Å². The topological polar surface area (TPSA) is 30.0 Å². The predicted octanol–water partition coefficient (Wildman–Crippen LogP) is 5.28. The minimum atomic E-state index is -0.00588. The van der Waals surface area contributed by atoms with Crippen LogP contribution < -0.4 is 0 Å². The van der Waals surface area contributed by atoms with Gasteiger partial charge < -0.3 is 0 Å². The van der Waals surface area contributed by atoms with Crippen molar-refractivity contribution < 1.29 is 4.79 Å². The standard InChI is InChI=1S/C22H15NO/c24-21(13-12-18-9-5-6-14-23-18)22-19-10-3-1-7-16(19)15-17-8-2-4-11-20(17)22/h1-15H/b13-12+. The van der Waals surface area contributed by atoms with E-state index in [9.17, 15) is 4.79 Å². The molecule has 0 aliphatic carbocycles. The van der Waals surface area contributed by atoms with Crippen LogP contribution in [0.2, 0.25) is 0 Å². The zero-order valence-corrected chi connectivity index (χ0v) is 13.0. The fraction of sp³-hybridized carbons (Fsp3) is 0. The van der Waals surface area contributed by atoms with E-state index in [4.69, 9.17) is 0 Å². The Morgan fingerprint density at radius 3 is 2.04 bits per heavy atom. The molecule has 1 aromatic heterocycles. The number of rotatable bonds is 3. The summed E-state index contributed by atoms with van der Waals surface area (Å²) in [5.74, 6) is -0.00588. The smallest absolute Gasteiger partial charge is 0.187 e. The normalized spacial score (nSPS) is 11.3. The van der Waals surface area contributed by atoms with Gasteiger partial charge in [0.05, 0.1) is 5.69 Å². The number of aromatic nitrogens is 1. The molecule has 0 fully saturated rings. The molecule has 4 aromatic rings. The van der Waals surface area contributed by atoms with Gasteiger partial charge >= 0.3 is 0 Å². The maximum atomic E-state index is 12.9. The van der Waals surface area contributed by atoms with Crippen molar-refractivity contribution in [3.05, 3.63) is 96.3 Å². The summed E-state index contributed by atoms with van der Waals surface area (Å²) in [7, 11) is 0. The highest BCUT2D eigenvalue weighted by Gasteiger charge is 2.12. The Morgan fingerprint density at radius 2 is 1.42 bits per heavy atom. The Bertz CT molecular complexity index is 1010. The number of nitrogens with zero attached hydrogens (tertiary/aromatic N) is 1. The van der Waals surface area contributed by atoms with E-state index in [2.05, 4.69) is 11.1 Å². The molecule has 4 rings (SSSR count). The van der Waals surface area contributed by atoms with Gasteiger partial charge in [0.15, 0.2) is 5.78 Å². The summed E-state index contributed by atoms with van der Waals surface area (Å²) in [6, 6.07) is 23.8.